The molecular formula is C13H16BrNO2. The van der Waals surface area contributed by atoms with Gasteiger partial charge in [0.1, 0.15) is 0 Å². The largest absolute Gasteiger partial charge is 0.481 e. The molecule has 4 heteroatoms. The molecule has 1 aromatic carbocycles. The fourth-order valence-electron chi connectivity index (χ4n) is 1.92. The number of halogens is 1. The zero-order valence-corrected chi connectivity index (χ0v) is 11.2. The third kappa shape index (κ3) is 3.82. The van der Waals surface area contributed by atoms with E-state index in [-0.39, 0.29) is 6.42 Å². The van der Waals surface area contributed by atoms with Gasteiger partial charge in [-0.05, 0) is 24.5 Å². The van der Waals surface area contributed by atoms with Crippen molar-refractivity contribution in [1.29, 1.82) is 0 Å². The molecule has 1 aliphatic carbocycles. The number of hydrogen-bond acceptors (Lipinski definition) is 2. The van der Waals surface area contributed by atoms with Crippen molar-refractivity contribution < 1.29 is 9.90 Å². The van der Waals surface area contributed by atoms with Crippen LogP contribution in [0.1, 0.15) is 24.8 Å². The molecule has 0 spiro atoms. The summed E-state index contributed by atoms with van der Waals surface area (Å²) in [6, 6.07) is 8.70. The van der Waals surface area contributed by atoms with E-state index >= 15 is 0 Å². The smallest absolute Gasteiger partial charge is 0.304 e. The van der Waals surface area contributed by atoms with Crippen LogP contribution in [0.15, 0.2) is 28.7 Å². The summed E-state index contributed by atoms with van der Waals surface area (Å²) in [7, 11) is 0. The monoisotopic (exact) mass is 297 g/mol. The van der Waals surface area contributed by atoms with Gasteiger partial charge >= 0.3 is 5.97 Å². The van der Waals surface area contributed by atoms with E-state index in [1.165, 1.54) is 18.4 Å². The Morgan fingerprint density at radius 1 is 1.41 bits per heavy atom. The van der Waals surface area contributed by atoms with Crippen LogP contribution in [0.25, 0.3) is 0 Å². The maximum absolute atomic E-state index is 10.6. The lowest BCUT2D eigenvalue weighted by Gasteiger charge is -2.21. The van der Waals surface area contributed by atoms with Crippen LogP contribution < -0.4 is 0 Å². The Hall–Kier alpha value is -0.870. The quantitative estimate of drug-likeness (QED) is 0.878. The lowest BCUT2D eigenvalue weighted by molar-refractivity contribution is -0.137. The molecule has 2 rings (SSSR count). The van der Waals surface area contributed by atoms with Crippen LogP contribution in [0.4, 0.5) is 0 Å². The standard InChI is InChI=1S/C13H16BrNO2/c14-12-4-2-1-3-10(12)9-15(11-5-6-11)8-7-13(16)17/h1-4,11H,5-9H2,(H,16,17). The maximum Gasteiger partial charge on any atom is 0.304 e. The molecule has 0 radical (unpaired) electrons. The van der Waals surface area contributed by atoms with Gasteiger partial charge in [0.05, 0.1) is 6.42 Å². The first kappa shape index (κ1) is 12.6. The van der Waals surface area contributed by atoms with E-state index in [2.05, 4.69) is 26.9 Å². The molecule has 0 aliphatic heterocycles. The van der Waals surface area contributed by atoms with Gasteiger partial charge in [0, 0.05) is 23.6 Å². The average Bonchev–Trinajstić information content (AvgIpc) is 3.10. The van der Waals surface area contributed by atoms with Crippen molar-refractivity contribution in [1.82, 2.24) is 4.90 Å². The van der Waals surface area contributed by atoms with Gasteiger partial charge in [-0.15, -0.1) is 0 Å². The fraction of sp³-hybridized carbons (Fsp3) is 0.462. The van der Waals surface area contributed by atoms with E-state index < -0.39 is 5.97 Å². The van der Waals surface area contributed by atoms with Crippen LogP contribution in [0, 0.1) is 0 Å². The molecule has 1 saturated carbocycles. The summed E-state index contributed by atoms with van der Waals surface area (Å²) in [5, 5.41) is 8.75. The SMILES string of the molecule is O=C(O)CCN(Cc1ccccc1Br)C1CC1. The fourth-order valence-corrected chi connectivity index (χ4v) is 2.33. The highest BCUT2D eigenvalue weighted by Crippen LogP contribution is 2.29. The molecule has 3 nitrogen and oxygen atoms in total. The van der Waals surface area contributed by atoms with E-state index in [1.54, 1.807) is 0 Å². The zero-order valence-electron chi connectivity index (χ0n) is 9.60. The molecule has 0 saturated heterocycles. The molecule has 0 unspecified atom stereocenters. The number of rotatable bonds is 6. The van der Waals surface area contributed by atoms with Crippen molar-refractivity contribution in [3.63, 3.8) is 0 Å². The van der Waals surface area contributed by atoms with Gasteiger partial charge in [-0.3, -0.25) is 9.69 Å². The third-order valence-corrected chi connectivity index (χ3v) is 3.78. The second-order valence-corrected chi connectivity index (χ2v) is 5.29. The third-order valence-electron chi connectivity index (χ3n) is 3.01. The Labute approximate surface area is 110 Å². The van der Waals surface area contributed by atoms with Gasteiger partial charge in [-0.25, -0.2) is 0 Å². The van der Waals surface area contributed by atoms with E-state index in [0.29, 0.717) is 12.6 Å². The molecule has 92 valence electrons. The lowest BCUT2D eigenvalue weighted by Crippen LogP contribution is -2.28. The molecule has 17 heavy (non-hydrogen) atoms. The van der Waals surface area contributed by atoms with Crippen molar-refractivity contribution in [3.8, 4) is 0 Å². The van der Waals surface area contributed by atoms with E-state index in [1.807, 2.05) is 18.2 Å². The highest BCUT2D eigenvalue weighted by molar-refractivity contribution is 9.10. The first-order valence-electron chi connectivity index (χ1n) is 5.86. The molecule has 1 N–H and O–H groups in total. The second kappa shape index (κ2) is 5.65. The first-order chi connectivity index (χ1) is 8.16. The number of carboxylic acid groups (broad SMARTS) is 1. The van der Waals surface area contributed by atoms with E-state index in [9.17, 15) is 4.79 Å². The van der Waals surface area contributed by atoms with Gasteiger partial charge in [-0.2, -0.15) is 0 Å². The van der Waals surface area contributed by atoms with Crippen molar-refractivity contribution in [2.75, 3.05) is 6.54 Å². The van der Waals surface area contributed by atoms with Crippen LogP contribution >= 0.6 is 15.9 Å². The predicted octanol–water partition coefficient (Wildman–Crippen LogP) is 2.89. The summed E-state index contributed by atoms with van der Waals surface area (Å²) < 4.78 is 1.10. The first-order valence-corrected chi connectivity index (χ1v) is 6.65. The normalized spacial score (nSPS) is 15.2. The second-order valence-electron chi connectivity index (χ2n) is 4.44. The molecule has 0 amide bonds. The Balaban J connectivity index is 1.97. The van der Waals surface area contributed by atoms with Gasteiger partial charge in [0.25, 0.3) is 0 Å². The molecule has 0 aromatic heterocycles. The average molecular weight is 298 g/mol. The minimum Gasteiger partial charge on any atom is -0.481 e. The van der Waals surface area contributed by atoms with Crippen LogP contribution in [0.5, 0.6) is 0 Å². The Morgan fingerprint density at radius 3 is 2.71 bits per heavy atom. The summed E-state index contributed by atoms with van der Waals surface area (Å²) >= 11 is 3.53. The van der Waals surface area contributed by atoms with Gasteiger partial charge in [0.2, 0.25) is 0 Å². The van der Waals surface area contributed by atoms with Crippen LogP contribution in [-0.4, -0.2) is 28.6 Å². The minimum atomic E-state index is -0.720. The summed E-state index contributed by atoms with van der Waals surface area (Å²) in [5.41, 5.74) is 1.23. The Morgan fingerprint density at radius 2 is 2.12 bits per heavy atom. The highest BCUT2D eigenvalue weighted by Gasteiger charge is 2.29. The van der Waals surface area contributed by atoms with Gasteiger partial charge in [0.15, 0.2) is 0 Å². The molecule has 0 bridgehead atoms. The summed E-state index contributed by atoms with van der Waals surface area (Å²) in [6.45, 7) is 1.47. The number of nitrogens with zero attached hydrogens (tertiary/aromatic N) is 1. The van der Waals surface area contributed by atoms with Crippen molar-refractivity contribution >= 4 is 21.9 Å². The summed E-state index contributed by atoms with van der Waals surface area (Å²) in [4.78, 5) is 12.9. The van der Waals surface area contributed by atoms with E-state index in [4.69, 9.17) is 5.11 Å². The minimum absolute atomic E-state index is 0.223. The van der Waals surface area contributed by atoms with Crippen LogP contribution in [0.2, 0.25) is 0 Å². The Bertz CT molecular complexity index is 404. The molecule has 0 heterocycles. The van der Waals surface area contributed by atoms with E-state index in [0.717, 1.165) is 11.0 Å². The van der Waals surface area contributed by atoms with Crippen LogP contribution in [-0.2, 0) is 11.3 Å². The van der Waals surface area contributed by atoms with Crippen molar-refractivity contribution in [2.45, 2.75) is 31.8 Å². The molecule has 1 fully saturated rings. The summed E-state index contributed by atoms with van der Waals surface area (Å²) in [5.74, 6) is -0.720. The molecule has 1 aromatic rings. The number of carboxylic acids is 1. The van der Waals surface area contributed by atoms with Gasteiger partial charge < -0.3 is 5.11 Å². The van der Waals surface area contributed by atoms with Crippen LogP contribution in [0.3, 0.4) is 0 Å². The van der Waals surface area contributed by atoms with Gasteiger partial charge in [-0.1, -0.05) is 34.1 Å². The highest BCUT2D eigenvalue weighted by atomic mass is 79.9. The Kier molecular flexibility index (Phi) is 4.18. The molecular weight excluding hydrogens is 282 g/mol. The number of carbonyl (C=O) groups is 1. The number of benzene rings is 1. The van der Waals surface area contributed by atoms with Crippen molar-refractivity contribution in [3.05, 3.63) is 34.3 Å². The predicted molar refractivity (Wildman–Crippen MR) is 69.8 cm³/mol. The molecule has 0 atom stereocenters. The number of hydrogen-bond donors (Lipinski definition) is 1. The molecule has 1 aliphatic rings. The lowest BCUT2D eigenvalue weighted by atomic mass is 10.2. The number of aliphatic carboxylic acids is 1. The summed E-state index contributed by atoms with van der Waals surface area (Å²) in [6.07, 6.45) is 2.62. The van der Waals surface area contributed by atoms with Crippen molar-refractivity contribution in [2.24, 2.45) is 0 Å². The maximum atomic E-state index is 10.6. The topological polar surface area (TPSA) is 40.5 Å². The zero-order chi connectivity index (χ0) is 12.3.